The highest BCUT2D eigenvalue weighted by atomic mass is 32.1. The standard InChI is InChI=1S/C17H24N2OS/c20-17(15-4-3-5-16(21)12-15)19-10-6-14(7-11-19)13-18-8-1-2-9-18/h3-5,12,14,21H,1-2,6-11,13H2. The Bertz CT molecular complexity index is 491. The first-order valence-electron chi connectivity index (χ1n) is 8.03. The third-order valence-electron chi connectivity index (χ3n) is 4.71. The minimum absolute atomic E-state index is 0.158. The molecule has 1 aromatic rings. The molecule has 0 radical (unpaired) electrons. The second-order valence-corrected chi connectivity index (χ2v) is 6.81. The van der Waals surface area contributed by atoms with Gasteiger partial charge in [-0.1, -0.05) is 6.07 Å². The number of nitrogens with zero attached hydrogens (tertiary/aromatic N) is 2. The Morgan fingerprint density at radius 3 is 2.52 bits per heavy atom. The Morgan fingerprint density at radius 2 is 1.86 bits per heavy atom. The van der Waals surface area contributed by atoms with E-state index in [4.69, 9.17) is 0 Å². The van der Waals surface area contributed by atoms with Gasteiger partial charge in [0.15, 0.2) is 0 Å². The molecule has 3 rings (SSSR count). The summed E-state index contributed by atoms with van der Waals surface area (Å²) in [6.45, 7) is 5.57. The average Bonchev–Trinajstić information content (AvgIpc) is 3.00. The predicted molar refractivity (Wildman–Crippen MR) is 88.0 cm³/mol. The van der Waals surface area contributed by atoms with Gasteiger partial charge >= 0.3 is 0 Å². The van der Waals surface area contributed by atoms with Crippen LogP contribution in [-0.4, -0.2) is 48.4 Å². The first kappa shape index (κ1) is 14.9. The summed E-state index contributed by atoms with van der Waals surface area (Å²) in [4.78, 5) is 17.9. The van der Waals surface area contributed by atoms with Crippen LogP contribution in [0.5, 0.6) is 0 Å². The fraction of sp³-hybridized carbons (Fsp3) is 0.588. The Balaban J connectivity index is 1.52. The minimum Gasteiger partial charge on any atom is -0.339 e. The monoisotopic (exact) mass is 304 g/mol. The van der Waals surface area contributed by atoms with E-state index in [-0.39, 0.29) is 5.91 Å². The highest BCUT2D eigenvalue weighted by molar-refractivity contribution is 7.80. The van der Waals surface area contributed by atoms with Gasteiger partial charge in [0, 0.05) is 30.1 Å². The zero-order valence-electron chi connectivity index (χ0n) is 12.5. The maximum atomic E-state index is 12.5. The SMILES string of the molecule is O=C(c1cccc(S)c1)N1CCC(CN2CCCC2)CC1. The lowest BCUT2D eigenvalue weighted by Gasteiger charge is -2.34. The number of hydrogen-bond donors (Lipinski definition) is 1. The van der Waals surface area contributed by atoms with Crippen LogP contribution in [0, 0.1) is 5.92 Å². The molecule has 0 N–H and O–H groups in total. The van der Waals surface area contributed by atoms with Crippen molar-refractivity contribution in [2.45, 2.75) is 30.6 Å². The van der Waals surface area contributed by atoms with E-state index < -0.39 is 0 Å². The largest absolute Gasteiger partial charge is 0.339 e. The third kappa shape index (κ3) is 3.80. The molecule has 0 aromatic heterocycles. The molecule has 0 aliphatic carbocycles. The van der Waals surface area contributed by atoms with Crippen molar-refractivity contribution in [2.75, 3.05) is 32.7 Å². The molecule has 0 atom stereocenters. The van der Waals surface area contributed by atoms with Gasteiger partial charge in [-0.15, -0.1) is 12.6 Å². The molecule has 3 nitrogen and oxygen atoms in total. The molecule has 21 heavy (non-hydrogen) atoms. The van der Waals surface area contributed by atoms with E-state index in [0.29, 0.717) is 0 Å². The Labute approximate surface area is 132 Å². The van der Waals surface area contributed by atoms with Gasteiger partial charge < -0.3 is 9.80 Å². The Kier molecular flexibility index (Phi) is 4.86. The normalized spacial score (nSPS) is 20.9. The van der Waals surface area contributed by atoms with Crippen LogP contribution >= 0.6 is 12.6 Å². The third-order valence-corrected chi connectivity index (χ3v) is 4.99. The van der Waals surface area contributed by atoms with E-state index in [1.807, 2.05) is 29.2 Å². The summed E-state index contributed by atoms with van der Waals surface area (Å²) in [6.07, 6.45) is 5.00. The van der Waals surface area contributed by atoms with Gasteiger partial charge in [-0.2, -0.15) is 0 Å². The van der Waals surface area contributed by atoms with Crippen LogP contribution in [0.3, 0.4) is 0 Å². The molecule has 2 fully saturated rings. The highest BCUT2D eigenvalue weighted by Crippen LogP contribution is 2.22. The van der Waals surface area contributed by atoms with E-state index in [1.165, 1.54) is 32.5 Å². The van der Waals surface area contributed by atoms with Crippen molar-refractivity contribution in [2.24, 2.45) is 5.92 Å². The number of thiol groups is 1. The number of benzene rings is 1. The molecule has 0 unspecified atom stereocenters. The molecule has 1 aromatic carbocycles. The first-order valence-corrected chi connectivity index (χ1v) is 8.48. The van der Waals surface area contributed by atoms with E-state index in [9.17, 15) is 4.79 Å². The topological polar surface area (TPSA) is 23.6 Å². The van der Waals surface area contributed by atoms with E-state index in [1.54, 1.807) is 0 Å². The van der Waals surface area contributed by atoms with Crippen LogP contribution in [0.1, 0.15) is 36.0 Å². The van der Waals surface area contributed by atoms with Crippen LogP contribution in [0.15, 0.2) is 29.2 Å². The van der Waals surface area contributed by atoms with Crippen LogP contribution in [0.25, 0.3) is 0 Å². The summed E-state index contributed by atoms with van der Waals surface area (Å²) in [7, 11) is 0. The fourth-order valence-corrected chi connectivity index (χ4v) is 3.70. The molecular formula is C17H24N2OS. The van der Waals surface area contributed by atoms with Crippen molar-refractivity contribution in [3.05, 3.63) is 29.8 Å². The van der Waals surface area contributed by atoms with E-state index >= 15 is 0 Å². The van der Waals surface area contributed by atoms with Gasteiger partial charge in [0.05, 0.1) is 0 Å². The van der Waals surface area contributed by atoms with Crippen LogP contribution in [0.4, 0.5) is 0 Å². The summed E-state index contributed by atoms with van der Waals surface area (Å²) < 4.78 is 0. The predicted octanol–water partition coefficient (Wildman–Crippen LogP) is 2.92. The second-order valence-electron chi connectivity index (χ2n) is 6.29. The molecule has 0 bridgehead atoms. The van der Waals surface area contributed by atoms with Crippen molar-refractivity contribution < 1.29 is 4.79 Å². The maximum absolute atomic E-state index is 12.5. The van der Waals surface area contributed by atoms with Gasteiger partial charge in [-0.25, -0.2) is 0 Å². The summed E-state index contributed by atoms with van der Waals surface area (Å²) >= 11 is 4.32. The molecule has 1 amide bonds. The smallest absolute Gasteiger partial charge is 0.253 e. The second kappa shape index (κ2) is 6.84. The van der Waals surface area contributed by atoms with Gasteiger partial charge in [0.25, 0.3) is 5.91 Å². The molecule has 4 heteroatoms. The molecular weight excluding hydrogens is 280 g/mol. The Morgan fingerprint density at radius 1 is 1.14 bits per heavy atom. The molecule has 0 spiro atoms. The molecule has 2 aliphatic rings. The lowest BCUT2D eigenvalue weighted by Crippen LogP contribution is -2.41. The van der Waals surface area contributed by atoms with Crippen molar-refractivity contribution in [1.82, 2.24) is 9.80 Å². The number of hydrogen-bond acceptors (Lipinski definition) is 3. The summed E-state index contributed by atoms with van der Waals surface area (Å²) in [5.74, 6) is 0.925. The van der Waals surface area contributed by atoms with Crippen LogP contribution in [0.2, 0.25) is 0 Å². The number of carbonyl (C=O) groups is 1. The van der Waals surface area contributed by atoms with Crippen LogP contribution in [-0.2, 0) is 0 Å². The number of rotatable bonds is 3. The molecule has 2 heterocycles. The lowest BCUT2D eigenvalue weighted by molar-refractivity contribution is 0.0672. The van der Waals surface area contributed by atoms with Crippen molar-refractivity contribution >= 4 is 18.5 Å². The summed E-state index contributed by atoms with van der Waals surface area (Å²) in [6, 6.07) is 7.55. The minimum atomic E-state index is 0.158. The fourth-order valence-electron chi connectivity index (χ4n) is 3.47. The average molecular weight is 304 g/mol. The van der Waals surface area contributed by atoms with Crippen molar-refractivity contribution in [3.63, 3.8) is 0 Å². The summed E-state index contributed by atoms with van der Waals surface area (Å²) in [5, 5.41) is 0. The Hall–Kier alpha value is -1.00. The number of piperidine rings is 1. The number of carbonyl (C=O) groups excluding carboxylic acids is 1. The molecule has 0 saturated carbocycles. The van der Waals surface area contributed by atoms with E-state index in [2.05, 4.69) is 17.5 Å². The van der Waals surface area contributed by atoms with Gasteiger partial charge in [0.1, 0.15) is 0 Å². The van der Waals surface area contributed by atoms with E-state index in [0.717, 1.165) is 42.3 Å². The van der Waals surface area contributed by atoms with Crippen LogP contribution < -0.4 is 0 Å². The molecule has 2 saturated heterocycles. The zero-order chi connectivity index (χ0) is 14.7. The summed E-state index contributed by atoms with van der Waals surface area (Å²) in [5.41, 5.74) is 0.764. The molecule has 2 aliphatic heterocycles. The number of likely N-dealkylation sites (tertiary alicyclic amines) is 2. The lowest BCUT2D eigenvalue weighted by atomic mass is 9.95. The van der Waals surface area contributed by atoms with Crippen molar-refractivity contribution in [3.8, 4) is 0 Å². The van der Waals surface area contributed by atoms with Gasteiger partial charge in [-0.05, 0) is 62.9 Å². The number of amides is 1. The molecule has 114 valence electrons. The van der Waals surface area contributed by atoms with Gasteiger partial charge in [-0.3, -0.25) is 4.79 Å². The maximum Gasteiger partial charge on any atom is 0.253 e. The highest BCUT2D eigenvalue weighted by Gasteiger charge is 2.25. The van der Waals surface area contributed by atoms with Crippen molar-refractivity contribution in [1.29, 1.82) is 0 Å². The quantitative estimate of drug-likeness (QED) is 0.868. The zero-order valence-corrected chi connectivity index (χ0v) is 13.4. The van der Waals surface area contributed by atoms with Gasteiger partial charge in [0.2, 0.25) is 0 Å². The first-order chi connectivity index (χ1) is 10.2.